The molecular weight excluding hydrogens is 316 g/mol. The van der Waals surface area contributed by atoms with Crippen molar-refractivity contribution >= 4 is 11.8 Å². The van der Waals surface area contributed by atoms with Gasteiger partial charge in [-0.3, -0.25) is 4.79 Å². The maximum Gasteiger partial charge on any atom is 0.339 e. The number of esters is 1. The first-order chi connectivity index (χ1) is 12.1. The third kappa shape index (κ3) is 3.93. The molecule has 0 aliphatic heterocycles. The van der Waals surface area contributed by atoms with Gasteiger partial charge >= 0.3 is 5.97 Å². The highest BCUT2D eigenvalue weighted by Gasteiger charge is 2.26. The molecule has 0 aliphatic rings. The highest BCUT2D eigenvalue weighted by atomic mass is 16.5. The molecule has 0 bridgehead atoms. The molecule has 1 N–H and O–H groups in total. The predicted octanol–water partition coefficient (Wildman–Crippen LogP) is 4.17. The van der Waals surface area contributed by atoms with E-state index >= 15 is 0 Å². The van der Waals surface area contributed by atoms with Crippen LogP contribution in [0.15, 0.2) is 84.9 Å². The number of rotatable bonds is 5. The number of benzene rings is 3. The van der Waals surface area contributed by atoms with Gasteiger partial charge in [0.05, 0.1) is 5.56 Å². The minimum Gasteiger partial charge on any atom is -0.508 e. The van der Waals surface area contributed by atoms with E-state index in [0.29, 0.717) is 11.1 Å². The lowest BCUT2D eigenvalue weighted by atomic mass is 10.00. The fourth-order valence-corrected chi connectivity index (χ4v) is 2.43. The summed E-state index contributed by atoms with van der Waals surface area (Å²) in [6, 6.07) is 23.3. The summed E-state index contributed by atoms with van der Waals surface area (Å²) in [6.45, 7) is 0. The second kappa shape index (κ2) is 7.45. The Balaban J connectivity index is 1.90. The molecule has 3 aromatic carbocycles. The van der Waals surface area contributed by atoms with Crippen LogP contribution in [0.4, 0.5) is 0 Å². The summed E-state index contributed by atoms with van der Waals surface area (Å²) in [5.41, 5.74) is 1.33. The normalized spacial score (nSPS) is 11.5. The van der Waals surface area contributed by atoms with Gasteiger partial charge in [0.25, 0.3) is 0 Å². The monoisotopic (exact) mass is 332 g/mol. The van der Waals surface area contributed by atoms with E-state index in [1.54, 1.807) is 48.5 Å². The second-order valence-electron chi connectivity index (χ2n) is 5.47. The fraction of sp³-hybridized carbons (Fsp3) is 0.0476. The summed E-state index contributed by atoms with van der Waals surface area (Å²) in [5.74, 6) is -0.867. The molecule has 25 heavy (non-hydrogen) atoms. The van der Waals surface area contributed by atoms with Gasteiger partial charge in [-0.25, -0.2) is 4.79 Å². The average Bonchev–Trinajstić information content (AvgIpc) is 2.67. The molecule has 0 amide bonds. The number of hydrogen-bond donors (Lipinski definition) is 1. The van der Waals surface area contributed by atoms with Crippen molar-refractivity contribution in [1.29, 1.82) is 0 Å². The Morgan fingerprint density at radius 3 is 1.88 bits per heavy atom. The van der Waals surface area contributed by atoms with Crippen LogP contribution in [-0.2, 0) is 4.74 Å². The van der Waals surface area contributed by atoms with E-state index in [0.717, 1.165) is 0 Å². The molecule has 1 atom stereocenters. The summed E-state index contributed by atoms with van der Waals surface area (Å²) < 4.78 is 5.51. The van der Waals surface area contributed by atoms with Gasteiger partial charge in [-0.2, -0.15) is 0 Å². The Morgan fingerprint density at radius 1 is 0.720 bits per heavy atom. The Morgan fingerprint density at radius 2 is 1.28 bits per heavy atom. The van der Waals surface area contributed by atoms with Crippen LogP contribution >= 0.6 is 0 Å². The maximum absolute atomic E-state index is 12.8. The highest BCUT2D eigenvalue weighted by molar-refractivity contribution is 6.02. The molecule has 124 valence electrons. The summed E-state index contributed by atoms with van der Waals surface area (Å²) >= 11 is 0. The van der Waals surface area contributed by atoms with Gasteiger partial charge in [-0.15, -0.1) is 0 Å². The SMILES string of the molecule is O=C(O[C@H](C(=O)c1ccccc1)c1ccccc1)c1ccc(O)cc1. The number of Topliss-reactive ketones (excluding diaryl/α,β-unsaturated/α-hetero) is 1. The number of ketones is 1. The van der Waals surface area contributed by atoms with Crippen LogP contribution in [-0.4, -0.2) is 16.9 Å². The molecular formula is C21H16O4. The predicted molar refractivity (Wildman–Crippen MR) is 93.5 cm³/mol. The third-order valence-corrected chi connectivity index (χ3v) is 3.73. The lowest BCUT2D eigenvalue weighted by molar-refractivity contribution is 0.0280. The van der Waals surface area contributed by atoms with Crippen LogP contribution in [0.25, 0.3) is 0 Å². The summed E-state index contributed by atoms with van der Waals surface area (Å²) in [6.07, 6.45) is -1.04. The molecule has 0 spiro atoms. The van der Waals surface area contributed by atoms with Gasteiger partial charge in [0.2, 0.25) is 5.78 Å². The Kier molecular flexibility index (Phi) is 4.90. The first kappa shape index (κ1) is 16.5. The van der Waals surface area contributed by atoms with Crippen molar-refractivity contribution in [1.82, 2.24) is 0 Å². The van der Waals surface area contributed by atoms with Gasteiger partial charge in [-0.05, 0) is 24.3 Å². The van der Waals surface area contributed by atoms with E-state index in [1.165, 1.54) is 24.3 Å². The van der Waals surface area contributed by atoms with Gasteiger partial charge in [0.15, 0.2) is 6.10 Å². The van der Waals surface area contributed by atoms with Crippen LogP contribution in [0.5, 0.6) is 5.75 Å². The molecule has 0 saturated heterocycles. The molecule has 0 aliphatic carbocycles. The molecule has 4 nitrogen and oxygen atoms in total. The topological polar surface area (TPSA) is 63.6 Å². The number of ether oxygens (including phenoxy) is 1. The molecule has 3 aromatic rings. The van der Waals surface area contributed by atoms with Crippen LogP contribution in [0.2, 0.25) is 0 Å². The minimum atomic E-state index is -1.04. The fourth-order valence-electron chi connectivity index (χ4n) is 2.43. The smallest absolute Gasteiger partial charge is 0.339 e. The van der Waals surface area contributed by atoms with Crippen molar-refractivity contribution in [3.8, 4) is 5.75 Å². The lowest BCUT2D eigenvalue weighted by Gasteiger charge is -2.17. The summed E-state index contributed by atoms with van der Waals surface area (Å²) in [5, 5.41) is 9.33. The van der Waals surface area contributed by atoms with Gasteiger partial charge < -0.3 is 9.84 Å². The van der Waals surface area contributed by atoms with Crippen molar-refractivity contribution in [2.45, 2.75) is 6.10 Å². The Bertz CT molecular complexity index is 855. The zero-order valence-electron chi connectivity index (χ0n) is 13.3. The van der Waals surface area contributed by atoms with Gasteiger partial charge in [-0.1, -0.05) is 60.7 Å². The molecule has 0 aromatic heterocycles. The van der Waals surface area contributed by atoms with Crippen molar-refractivity contribution in [2.24, 2.45) is 0 Å². The van der Waals surface area contributed by atoms with Crippen LogP contribution in [0.1, 0.15) is 32.4 Å². The maximum atomic E-state index is 12.8. The van der Waals surface area contributed by atoms with Gasteiger partial charge in [0, 0.05) is 11.1 Å². The lowest BCUT2D eigenvalue weighted by Crippen LogP contribution is -2.20. The van der Waals surface area contributed by atoms with Crippen molar-refractivity contribution in [2.75, 3.05) is 0 Å². The van der Waals surface area contributed by atoms with Crippen LogP contribution < -0.4 is 0 Å². The average molecular weight is 332 g/mol. The standard InChI is InChI=1S/C21H16O4/c22-18-13-11-17(12-14-18)21(24)25-20(16-9-5-2-6-10-16)19(23)15-7-3-1-4-8-15/h1-14,20,22H/t20-/m0/s1. The van der Waals surface area contributed by atoms with E-state index in [-0.39, 0.29) is 17.1 Å². The quantitative estimate of drug-likeness (QED) is 0.562. The van der Waals surface area contributed by atoms with E-state index in [1.807, 2.05) is 12.1 Å². The van der Waals surface area contributed by atoms with E-state index in [4.69, 9.17) is 4.74 Å². The Labute approximate surface area is 145 Å². The molecule has 0 fully saturated rings. The summed E-state index contributed by atoms with van der Waals surface area (Å²) in [7, 11) is 0. The van der Waals surface area contributed by atoms with Gasteiger partial charge in [0.1, 0.15) is 5.75 Å². The molecule has 4 heteroatoms. The number of phenols is 1. The van der Waals surface area contributed by atoms with Crippen molar-refractivity contribution < 1.29 is 19.4 Å². The van der Waals surface area contributed by atoms with Crippen molar-refractivity contribution in [3.63, 3.8) is 0 Å². The third-order valence-electron chi connectivity index (χ3n) is 3.73. The number of aromatic hydroxyl groups is 1. The van der Waals surface area contributed by atoms with E-state index in [9.17, 15) is 14.7 Å². The largest absolute Gasteiger partial charge is 0.508 e. The molecule has 0 unspecified atom stereocenters. The first-order valence-electron chi connectivity index (χ1n) is 7.79. The first-order valence-corrected chi connectivity index (χ1v) is 7.79. The van der Waals surface area contributed by atoms with Crippen molar-refractivity contribution in [3.05, 3.63) is 102 Å². The van der Waals surface area contributed by atoms with E-state index < -0.39 is 12.1 Å². The zero-order chi connectivity index (χ0) is 17.6. The molecule has 0 heterocycles. The summed E-state index contributed by atoms with van der Waals surface area (Å²) in [4.78, 5) is 25.3. The minimum absolute atomic E-state index is 0.0523. The van der Waals surface area contributed by atoms with Crippen LogP contribution in [0, 0.1) is 0 Å². The number of carbonyl (C=O) groups excluding carboxylic acids is 2. The number of hydrogen-bond acceptors (Lipinski definition) is 4. The van der Waals surface area contributed by atoms with Crippen LogP contribution in [0.3, 0.4) is 0 Å². The number of phenolic OH excluding ortho intramolecular Hbond substituents is 1. The second-order valence-corrected chi connectivity index (χ2v) is 5.47. The molecule has 0 radical (unpaired) electrons. The Hall–Kier alpha value is -3.40. The zero-order valence-corrected chi connectivity index (χ0v) is 13.3. The molecule has 3 rings (SSSR count). The number of carbonyl (C=O) groups is 2. The highest BCUT2D eigenvalue weighted by Crippen LogP contribution is 2.24. The molecule has 0 saturated carbocycles. The van der Waals surface area contributed by atoms with E-state index in [2.05, 4.69) is 0 Å².